The first-order valence-electron chi connectivity index (χ1n) is 6.80. The van der Waals surface area contributed by atoms with Crippen LogP contribution >= 0.6 is 0 Å². The predicted molar refractivity (Wildman–Crippen MR) is 77.9 cm³/mol. The Morgan fingerprint density at radius 3 is 2.65 bits per heavy atom. The van der Waals surface area contributed by atoms with Crippen molar-refractivity contribution < 1.29 is 17.9 Å². The molecule has 0 saturated carbocycles. The van der Waals surface area contributed by atoms with E-state index in [4.69, 9.17) is 4.74 Å². The smallest absolute Gasteiger partial charge is 0.177 e. The van der Waals surface area contributed by atoms with Crippen LogP contribution in [0.4, 0.5) is 0 Å². The first-order chi connectivity index (χ1) is 9.37. The fourth-order valence-corrected chi connectivity index (χ4v) is 3.83. The largest absolute Gasteiger partial charge is 0.377 e. The molecule has 1 fully saturated rings. The standard InChI is InChI=1S/C15H20O4S/c1-11-5-6-13(8-12(11)2)15(16)10-20(17,18)9-14-4-3-7-19-14/h5-6,8,14H,3-4,7,9-10H2,1-2H3. The van der Waals surface area contributed by atoms with Crippen LogP contribution in [0.15, 0.2) is 18.2 Å². The van der Waals surface area contributed by atoms with Crippen LogP contribution in [0.1, 0.15) is 34.3 Å². The van der Waals surface area contributed by atoms with Crippen molar-refractivity contribution in [2.75, 3.05) is 18.1 Å². The van der Waals surface area contributed by atoms with E-state index in [-0.39, 0.29) is 17.6 Å². The Hall–Kier alpha value is -1.20. The van der Waals surface area contributed by atoms with Crippen molar-refractivity contribution >= 4 is 15.6 Å². The van der Waals surface area contributed by atoms with E-state index in [1.807, 2.05) is 19.9 Å². The third-order valence-electron chi connectivity index (χ3n) is 3.64. The molecule has 0 aromatic heterocycles. The second kappa shape index (κ2) is 6.06. The molecule has 1 aliphatic rings. The van der Waals surface area contributed by atoms with E-state index in [2.05, 4.69) is 0 Å². The topological polar surface area (TPSA) is 60.4 Å². The zero-order valence-electron chi connectivity index (χ0n) is 11.9. The summed E-state index contributed by atoms with van der Waals surface area (Å²) < 4.78 is 29.4. The molecule has 110 valence electrons. The van der Waals surface area contributed by atoms with E-state index in [9.17, 15) is 13.2 Å². The van der Waals surface area contributed by atoms with Gasteiger partial charge in [-0.15, -0.1) is 0 Å². The Bertz CT molecular complexity index is 598. The average molecular weight is 296 g/mol. The molecule has 0 aliphatic carbocycles. The highest BCUT2D eigenvalue weighted by Crippen LogP contribution is 2.16. The number of ether oxygens (including phenoxy) is 1. The first kappa shape index (κ1) is 15.2. The normalized spacial score (nSPS) is 19.2. The SMILES string of the molecule is Cc1ccc(C(=O)CS(=O)(=O)CC2CCCO2)cc1C. The average Bonchev–Trinajstić information content (AvgIpc) is 2.83. The number of hydrogen-bond donors (Lipinski definition) is 0. The van der Waals surface area contributed by atoms with Gasteiger partial charge in [-0.1, -0.05) is 12.1 Å². The summed E-state index contributed by atoms with van der Waals surface area (Å²) in [5, 5.41) is 0. The molecule has 5 heteroatoms. The lowest BCUT2D eigenvalue weighted by Gasteiger charge is -2.10. The number of benzene rings is 1. The van der Waals surface area contributed by atoms with Gasteiger partial charge < -0.3 is 4.74 Å². The van der Waals surface area contributed by atoms with Crippen molar-refractivity contribution in [1.29, 1.82) is 0 Å². The second-order valence-corrected chi connectivity index (χ2v) is 7.52. The van der Waals surface area contributed by atoms with E-state index in [0.29, 0.717) is 12.2 Å². The molecule has 1 unspecified atom stereocenters. The minimum absolute atomic E-state index is 0.0520. The van der Waals surface area contributed by atoms with Gasteiger partial charge in [0.25, 0.3) is 0 Å². The maximum Gasteiger partial charge on any atom is 0.177 e. The summed E-state index contributed by atoms with van der Waals surface area (Å²) in [6.45, 7) is 4.48. The number of ketones is 1. The molecule has 4 nitrogen and oxygen atoms in total. The third kappa shape index (κ3) is 3.90. The molecule has 1 heterocycles. The van der Waals surface area contributed by atoms with Gasteiger partial charge in [0.2, 0.25) is 0 Å². The van der Waals surface area contributed by atoms with Gasteiger partial charge in [-0.2, -0.15) is 0 Å². The lowest BCUT2D eigenvalue weighted by atomic mass is 10.0. The van der Waals surface area contributed by atoms with Crippen LogP contribution in [-0.4, -0.2) is 38.4 Å². The minimum atomic E-state index is -3.41. The molecule has 1 atom stereocenters. The molecule has 1 saturated heterocycles. The molecule has 0 N–H and O–H groups in total. The van der Waals surface area contributed by atoms with Crippen LogP contribution in [0.2, 0.25) is 0 Å². The Balaban J connectivity index is 2.04. The van der Waals surface area contributed by atoms with Crippen molar-refractivity contribution in [2.45, 2.75) is 32.8 Å². The molecular formula is C15H20O4S. The van der Waals surface area contributed by atoms with Gasteiger partial charge in [0.1, 0.15) is 5.75 Å². The van der Waals surface area contributed by atoms with E-state index in [0.717, 1.165) is 24.0 Å². The summed E-state index contributed by atoms with van der Waals surface area (Å²) in [7, 11) is -3.41. The van der Waals surface area contributed by atoms with Crippen molar-refractivity contribution in [3.63, 3.8) is 0 Å². The zero-order chi connectivity index (χ0) is 14.8. The Kier molecular flexibility index (Phi) is 4.60. The van der Waals surface area contributed by atoms with Crippen LogP contribution < -0.4 is 0 Å². The number of carbonyl (C=O) groups excluding carboxylic acids is 1. The maximum absolute atomic E-state index is 12.1. The van der Waals surface area contributed by atoms with Gasteiger partial charge in [-0.25, -0.2) is 8.42 Å². The molecule has 0 amide bonds. The van der Waals surface area contributed by atoms with Gasteiger partial charge in [0, 0.05) is 12.2 Å². The Labute approximate surface area is 120 Å². The number of Topliss-reactive ketones (excluding diaryl/α,β-unsaturated/α-hetero) is 1. The van der Waals surface area contributed by atoms with Crippen LogP contribution in [0, 0.1) is 13.8 Å². The highest BCUT2D eigenvalue weighted by molar-refractivity contribution is 7.92. The highest BCUT2D eigenvalue weighted by Gasteiger charge is 2.25. The quantitative estimate of drug-likeness (QED) is 0.781. The number of carbonyl (C=O) groups is 1. The minimum Gasteiger partial charge on any atom is -0.377 e. The monoisotopic (exact) mass is 296 g/mol. The van der Waals surface area contributed by atoms with Gasteiger partial charge in [0.05, 0.1) is 11.9 Å². The maximum atomic E-state index is 12.1. The predicted octanol–water partition coefficient (Wildman–Crippen LogP) is 2.08. The van der Waals surface area contributed by atoms with Gasteiger partial charge in [0.15, 0.2) is 15.6 Å². The number of aryl methyl sites for hydroxylation is 2. The summed E-state index contributed by atoms with van der Waals surface area (Å²) in [6.07, 6.45) is 1.41. The molecule has 0 radical (unpaired) electrons. The van der Waals surface area contributed by atoms with E-state index >= 15 is 0 Å². The van der Waals surface area contributed by atoms with Crippen LogP contribution in [0.3, 0.4) is 0 Å². The summed E-state index contributed by atoms with van der Waals surface area (Å²) in [4.78, 5) is 12.1. The molecular weight excluding hydrogens is 276 g/mol. The molecule has 20 heavy (non-hydrogen) atoms. The van der Waals surface area contributed by atoms with Crippen molar-refractivity contribution in [3.05, 3.63) is 34.9 Å². The Morgan fingerprint density at radius 1 is 1.30 bits per heavy atom. The number of hydrogen-bond acceptors (Lipinski definition) is 4. The fourth-order valence-electron chi connectivity index (χ4n) is 2.32. The first-order valence-corrected chi connectivity index (χ1v) is 8.62. The molecule has 2 rings (SSSR count). The third-order valence-corrected chi connectivity index (χ3v) is 5.23. The zero-order valence-corrected chi connectivity index (χ0v) is 12.7. The summed E-state index contributed by atoms with van der Waals surface area (Å²) in [6, 6.07) is 5.28. The van der Waals surface area contributed by atoms with E-state index < -0.39 is 15.6 Å². The van der Waals surface area contributed by atoms with Crippen LogP contribution in [0.5, 0.6) is 0 Å². The molecule has 1 aromatic carbocycles. The van der Waals surface area contributed by atoms with Gasteiger partial charge >= 0.3 is 0 Å². The fraction of sp³-hybridized carbons (Fsp3) is 0.533. The number of rotatable bonds is 5. The molecule has 0 bridgehead atoms. The highest BCUT2D eigenvalue weighted by atomic mass is 32.2. The molecule has 1 aromatic rings. The Morgan fingerprint density at radius 2 is 2.05 bits per heavy atom. The van der Waals surface area contributed by atoms with Crippen LogP contribution in [-0.2, 0) is 14.6 Å². The number of sulfone groups is 1. The lowest BCUT2D eigenvalue weighted by molar-refractivity contribution is 0.102. The summed E-state index contributed by atoms with van der Waals surface area (Å²) in [5.41, 5.74) is 2.54. The van der Waals surface area contributed by atoms with Gasteiger partial charge in [-0.05, 0) is 43.9 Å². The summed E-state index contributed by atoms with van der Waals surface area (Å²) in [5.74, 6) is -0.829. The summed E-state index contributed by atoms with van der Waals surface area (Å²) >= 11 is 0. The van der Waals surface area contributed by atoms with Crippen molar-refractivity contribution in [3.8, 4) is 0 Å². The van der Waals surface area contributed by atoms with E-state index in [1.165, 1.54) is 0 Å². The van der Waals surface area contributed by atoms with Crippen LogP contribution in [0.25, 0.3) is 0 Å². The second-order valence-electron chi connectivity index (χ2n) is 5.41. The van der Waals surface area contributed by atoms with Gasteiger partial charge in [-0.3, -0.25) is 4.79 Å². The van der Waals surface area contributed by atoms with Crippen molar-refractivity contribution in [2.24, 2.45) is 0 Å². The molecule has 0 spiro atoms. The molecule has 1 aliphatic heterocycles. The van der Waals surface area contributed by atoms with Crippen molar-refractivity contribution in [1.82, 2.24) is 0 Å². The lowest BCUT2D eigenvalue weighted by Crippen LogP contribution is -2.26. The van der Waals surface area contributed by atoms with E-state index in [1.54, 1.807) is 12.1 Å².